The zero-order valence-electron chi connectivity index (χ0n) is 10.4. The summed E-state index contributed by atoms with van der Waals surface area (Å²) in [4.78, 5) is 13.0. The lowest BCUT2D eigenvalue weighted by atomic mass is 10.2. The number of rotatable bonds is 5. The van der Waals surface area contributed by atoms with Gasteiger partial charge in [0.05, 0.1) is 5.75 Å². The highest BCUT2D eigenvalue weighted by molar-refractivity contribution is 9.10. The Bertz CT molecular complexity index is 511. The van der Waals surface area contributed by atoms with Crippen molar-refractivity contribution in [2.75, 3.05) is 19.3 Å². The molecule has 0 N–H and O–H groups in total. The molecule has 0 unspecified atom stereocenters. The number of amides is 1. The smallest absolute Gasteiger partial charge is 0.237 e. The standard InChI is InChI=1S/C12H16BrNO3S/c1-3-14(2)12(15)9-18(16,17)8-10-4-6-11(13)7-5-10/h4-7H,3,8-9H2,1-2H3. The first-order chi connectivity index (χ1) is 8.34. The van der Waals surface area contributed by atoms with E-state index in [1.807, 2.05) is 0 Å². The third kappa shape index (κ3) is 4.78. The topological polar surface area (TPSA) is 54.5 Å². The maximum absolute atomic E-state index is 11.9. The second kappa shape index (κ2) is 6.33. The lowest BCUT2D eigenvalue weighted by molar-refractivity contribution is -0.126. The SMILES string of the molecule is CCN(C)C(=O)CS(=O)(=O)Cc1ccc(Br)cc1. The van der Waals surface area contributed by atoms with E-state index in [9.17, 15) is 13.2 Å². The van der Waals surface area contributed by atoms with Crippen LogP contribution in [0.4, 0.5) is 0 Å². The Morgan fingerprint density at radius 2 is 1.83 bits per heavy atom. The molecular weight excluding hydrogens is 318 g/mol. The molecule has 0 saturated carbocycles. The molecule has 0 bridgehead atoms. The number of carbonyl (C=O) groups excluding carboxylic acids is 1. The second-order valence-electron chi connectivity index (χ2n) is 4.07. The van der Waals surface area contributed by atoms with E-state index in [0.717, 1.165) is 4.47 Å². The molecule has 0 fully saturated rings. The fourth-order valence-electron chi connectivity index (χ4n) is 1.36. The first kappa shape index (κ1) is 15.2. The number of hydrogen-bond donors (Lipinski definition) is 0. The van der Waals surface area contributed by atoms with E-state index < -0.39 is 15.6 Å². The summed E-state index contributed by atoms with van der Waals surface area (Å²) in [5.74, 6) is -0.911. The number of carbonyl (C=O) groups is 1. The van der Waals surface area contributed by atoms with E-state index >= 15 is 0 Å². The predicted octanol–water partition coefficient (Wildman–Crippen LogP) is 1.84. The van der Waals surface area contributed by atoms with Crippen LogP contribution in [-0.2, 0) is 20.4 Å². The van der Waals surface area contributed by atoms with Crippen molar-refractivity contribution in [2.45, 2.75) is 12.7 Å². The van der Waals surface area contributed by atoms with E-state index in [2.05, 4.69) is 15.9 Å². The molecule has 1 aromatic rings. The van der Waals surface area contributed by atoms with Crippen molar-refractivity contribution in [1.82, 2.24) is 4.90 Å². The van der Waals surface area contributed by atoms with Gasteiger partial charge in [0.2, 0.25) is 5.91 Å². The summed E-state index contributed by atoms with van der Waals surface area (Å²) in [6.07, 6.45) is 0. The summed E-state index contributed by atoms with van der Waals surface area (Å²) in [7, 11) is -1.81. The van der Waals surface area contributed by atoms with Crippen LogP contribution in [0.2, 0.25) is 0 Å². The van der Waals surface area contributed by atoms with Crippen molar-refractivity contribution in [2.24, 2.45) is 0 Å². The van der Waals surface area contributed by atoms with Gasteiger partial charge in [0, 0.05) is 18.1 Å². The third-order valence-electron chi connectivity index (χ3n) is 2.54. The van der Waals surface area contributed by atoms with Crippen LogP contribution in [0.25, 0.3) is 0 Å². The van der Waals surface area contributed by atoms with Gasteiger partial charge in [-0.05, 0) is 24.6 Å². The molecule has 0 saturated heterocycles. The van der Waals surface area contributed by atoms with E-state index in [1.54, 1.807) is 38.2 Å². The van der Waals surface area contributed by atoms with Gasteiger partial charge in [0.15, 0.2) is 9.84 Å². The fraction of sp³-hybridized carbons (Fsp3) is 0.417. The molecule has 1 amide bonds. The van der Waals surface area contributed by atoms with Gasteiger partial charge in [-0.2, -0.15) is 0 Å². The number of halogens is 1. The van der Waals surface area contributed by atoms with Crippen LogP contribution in [0.5, 0.6) is 0 Å². The number of hydrogen-bond acceptors (Lipinski definition) is 3. The van der Waals surface area contributed by atoms with Gasteiger partial charge in [-0.3, -0.25) is 4.79 Å². The molecule has 0 heterocycles. The summed E-state index contributed by atoms with van der Waals surface area (Å²) in [5, 5.41) is 0. The molecule has 1 rings (SSSR count). The second-order valence-corrected chi connectivity index (χ2v) is 7.05. The highest BCUT2D eigenvalue weighted by Crippen LogP contribution is 2.13. The van der Waals surface area contributed by atoms with Crippen LogP contribution in [-0.4, -0.2) is 38.6 Å². The molecule has 0 aliphatic heterocycles. The molecule has 4 nitrogen and oxygen atoms in total. The van der Waals surface area contributed by atoms with Crippen LogP contribution < -0.4 is 0 Å². The highest BCUT2D eigenvalue weighted by atomic mass is 79.9. The fourth-order valence-corrected chi connectivity index (χ4v) is 3.02. The quantitative estimate of drug-likeness (QED) is 0.826. The van der Waals surface area contributed by atoms with Gasteiger partial charge < -0.3 is 4.90 Å². The average Bonchev–Trinajstić information content (AvgIpc) is 2.30. The Kier molecular flexibility index (Phi) is 5.34. The minimum absolute atomic E-state index is 0.108. The molecule has 0 radical (unpaired) electrons. The Hall–Kier alpha value is -0.880. The first-order valence-electron chi connectivity index (χ1n) is 5.53. The van der Waals surface area contributed by atoms with Crippen LogP contribution in [0.3, 0.4) is 0 Å². The van der Waals surface area contributed by atoms with Crippen LogP contribution in [0.1, 0.15) is 12.5 Å². The van der Waals surface area contributed by atoms with Gasteiger partial charge in [-0.25, -0.2) is 8.42 Å². The zero-order valence-corrected chi connectivity index (χ0v) is 12.8. The third-order valence-corrected chi connectivity index (χ3v) is 4.53. The number of sulfone groups is 1. The van der Waals surface area contributed by atoms with Crippen molar-refractivity contribution in [3.05, 3.63) is 34.3 Å². The summed E-state index contributed by atoms with van der Waals surface area (Å²) < 4.78 is 24.6. The molecule has 18 heavy (non-hydrogen) atoms. The van der Waals surface area contributed by atoms with Gasteiger partial charge in [0.1, 0.15) is 5.75 Å². The largest absolute Gasteiger partial charge is 0.345 e. The minimum Gasteiger partial charge on any atom is -0.345 e. The molecule has 0 spiro atoms. The van der Waals surface area contributed by atoms with Gasteiger partial charge in [-0.15, -0.1) is 0 Å². The first-order valence-corrected chi connectivity index (χ1v) is 8.14. The summed E-state index contributed by atoms with van der Waals surface area (Å²) in [5.41, 5.74) is 0.685. The Morgan fingerprint density at radius 3 is 2.33 bits per heavy atom. The van der Waals surface area contributed by atoms with Gasteiger partial charge in [0.25, 0.3) is 0 Å². The van der Waals surface area contributed by atoms with Gasteiger partial charge in [-0.1, -0.05) is 28.1 Å². The van der Waals surface area contributed by atoms with Crippen LogP contribution >= 0.6 is 15.9 Å². The van der Waals surface area contributed by atoms with Crippen LogP contribution in [0.15, 0.2) is 28.7 Å². The monoisotopic (exact) mass is 333 g/mol. The minimum atomic E-state index is -3.41. The van der Waals surface area contributed by atoms with Crippen molar-refractivity contribution in [3.8, 4) is 0 Å². The number of benzene rings is 1. The van der Waals surface area contributed by atoms with Crippen LogP contribution in [0, 0.1) is 0 Å². The molecule has 6 heteroatoms. The van der Waals surface area contributed by atoms with Crippen molar-refractivity contribution in [1.29, 1.82) is 0 Å². The molecular formula is C12H16BrNO3S. The lowest BCUT2D eigenvalue weighted by Gasteiger charge is -2.14. The molecule has 0 aliphatic rings. The maximum atomic E-state index is 11.9. The van der Waals surface area contributed by atoms with E-state index in [4.69, 9.17) is 0 Å². The average molecular weight is 334 g/mol. The van der Waals surface area contributed by atoms with E-state index in [0.29, 0.717) is 12.1 Å². The lowest BCUT2D eigenvalue weighted by Crippen LogP contribution is -2.32. The normalized spacial score (nSPS) is 11.3. The van der Waals surface area contributed by atoms with Gasteiger partial charge >= 0.3 is 0 Å². The van der Waals surface area contributed by atoms with E-state index in [-0.39, 0.29) is 11.7 Å². The molecule has 1 aromatic carbocycles. The van der Waals surface area contributed by atoms with Crippen molar-refractivity contribution in [3.63, 3.8) is 0 Å². The molecule has 0 aliphatic carbocycles. The highest BCUT2D eigenvalue weighted by Gasteiger charge is 2.19. The Labute approximate surface area is 116 Å². The Morgan fingerprint density at radius 1 is 1.28 bits per heavy atom. The Balaban J connectivity index is 2.71. The molecule has 0 atom stereocenters. The summed E-state index contributed by atoms with van der Waals surface area (Å²) >= 11 is 3.28. The number of nitrogens with zero attached hydrogens (tertiary/aromatic N) is 1. The summed E-state index contributed by atoms with van der Waals surface area (Å²) in [6.45, 7) is 2.31. The van der Waals surface area contributed by atoms with Crippen molar-refractivity contribution < 1.29 is 13.2 Å². The maximum Gasteiger partial charge on any atom is 0.237 e. The van der Waals surface area contributed by atoms with Crippen molar-refractivity contribution >= 4 is 31.7 Å². The molecule has 0 aromatic heterocycles. The summed E-state index contributed by atoms with van der Waals surface area (Å²) in [6, 6.07) is 7.03. The zero-order chi connectivity index (χ0) is 13.8. The van der Waals surface area contributed by atoms with E-state index in [1.165, 1.54) is 4.90 Å². The molecule has 100 valence electrons. The predicted molar refractivity (Wildman–Crippen MR) is 74.9 cm³/mol.